The molecule has 1 amide bonds. The first-order valence-electron chi connectivity index (χ1n) is 11.4. The van der Waals surface area contributed by atoms with Crippen molar-refractivity contribution in [2.45, 2.75) is 24.8 Å². The first-order valence-corrected chi connectivity index (χ1v) is 12.9. The molecule has 4 aromatic carbocycles. The second-order valence-electron chi connectivity index (χ2n) is 8.38. The standard InChI is InChI=1S/C29H26N2O4S/c1-21(32)24-15-17-27(18-16-24)36(34,35)30-20-23-11-13-25(14-12-23)29(33)31-28-10-6-5-9-26(28)19-22-7-3-2-4-8-22/h2-18,30H,19-20H2,1H3,(H,31,33). The van der Waals surface area contributed by atoms with Crippen molar-refractivity contribution < 1.29 is 18.0 Å². The van der Waals surface area contributed by atoms with E-state index >= 15 is 0 Å². The average Bonchev–Trinajstić information content (AvgIpc) is 2.89. The van der Waals surface area contributed by atoms with Crippen LogP contribution >= 0.6 is 0 Å². The van der Waals surface area contributed by atoms with Crippen molar-refractivity contribution >= 4 is 27.4 Å². The molecule has 7 heteroatoms. The zero-order chi connectivity index (χ0) is 25.5. The van der Waals surface area contributed by atoms with E-state index in [0.29, 0.717) is 23.1 Å². The van der Waals surface area contributed by atoms with Gasteiger partial charge in [0.1, 0.15) is 0 Å². The third-order valence-corrected chi connectivity index (χ3v) is 7.17. The summed E-state index contributed by atoms with van der Waals surface area (Å²) in [6.07, 6.45) is 0.702. The van der Waals surface area contributed by atoms with E-state index in [2.05, 4.69) is 10.0 Å². The molecular weight excluding hydrogens is 472 g/mol. The molecule has 0 saturated heterocycles. The van der Waals surface area contributed by atoms with Crippen LogP contribution in [0.15, 0.2) is 108 Å². The van der Waals surface area contributed by atoms with Crippen molar-refractivity contribution in [3.05, 3.63) is 131 Å². The lowest BCUT2D eigenvalue weighted by atomic mass is 10.0. The summed E-state index contributed by atoms with van der Waals surface area (Å²) in [6.45, 7) is 1.49. The Hall–Kier alpha value is -4.07. The van der Waals surface area contributed by atoms with Gasteiger partial charge in [-0.1, -0.05) is 72.8 Å². The fourth-order valence-corrected chi connectivity index (χ4v) is 4.73. The van der Waals surface area contributed by atoms with Gasteiger partial charge in [-0.25, -0.2) is 13.1 Å². The van der Waals surface area contributed by atoms with Gasteiger partial charge >= 0.3 is 0 Å². The zero-order valence-electron chi connectivity index (χ0n) is 19.8. The lowest BCUT2D eigenvalue weighted by Gasteiger charge is -2.12. The van der Waals surface area contributed by atoms with Crippen molar-refractivity contribution in [3.63, 3.8) is 0 Å². The number of nitrogens with one attached hydrogen (secondary N) is 2. The fourth-order valence-electron chi connectivity index (χ4n) is 3.71. The Labute approximate surface area is 211 Å². The van der Waals surface area contributed by atoms with Crippen molar-refractivity contribution in [1.82, 2.24) is 4.72 Å². The van der Waals surface area contributed by atoms with Gasteiger partial charge in [0, 0.05) is 23.4 Å². The van der Waals surface area contributed by atoms with Gasteiger partial charge in [0.25, 0.3) is 5.91 Å². The Kier molecular flexibility index (Phi) is 7.73. The van der Waals surface area contributed by atoms with E-state index in [4.69, 9.17) is 0 Å². The number of benzene rings is 4. The summed E-state index contributed by atoms with van der Waals surface area (Å²) < 4.78 is 27.7. The first kappa shape index (κ1) is 25.0. The summed E-state index contributed by atoms with van der Waals surface area (Å²) in [7, 11) is -3.74. The lowest BCUT2D eigenvalue weighted by Crippen LogP contribution is -2.23. The highest BCUT2D eigenvalue weighted by molar-refractivity contribution is 7.89. The van der Waals surface area contributed by atoms with E-state index in [1.807, 2.05) is 54.6 Å². The molecular formula is C29H26N2O4S. The third kappa shape index (κ3) is 6.33. The molecule has 4 aromatic rings. The van der Waals surface area contributed by atoms with E-state index in [1.54, 1.807) is 24.3 Å². The van der Waals surface area contributed by atoms with Crippen molar-refractivity contribution in [3.8, 4) is 0 Å². The number of ketones is 1. The second-order valence-corrected chi connectivity index (χ2v) is 10.1. The Morgan fingerprint density at radius 2 is 1.31 bits per heavy atom. The van der Waals surface area contributed by atoms with Crippen LogP contribution < -0.4 is 10.0 Å². The van der Waals surface area contributed by atoms with Crippen molar-refractivity contribution in [2.75, 3.05) is 5.32 Å². The summed E-state index contributed by atoms with van der Waals surface area (Å²) >= 11 is 0. The van der Waals surface area contributed by atoms with E-state index in [-0.39, 0.29) is 23.1 Å². The van der Waals surface area contributed by atoms with Crippen LogP contribution in [0.2, 0.25) is 0 Å². The van der Waals surface area contributed by atoms with E-state index < -0.39 is 10.0 Å². The highest BCUT2D eigenvalue weighted by Crippen LogP contribution is 2.20. The van der Waals surface area contributed by atoms with Gasteiger partial charge in [-0.2, -0.15) is 0 Å². The van der Waals surface area contributed by atoms with Gasteiger partial charge in [0.15, 0.2) is 5.78 Å². The van der Waals surface area contributed by atoms with Crippen LogP contribution in [0, 0.1) is 0 Å². The minimum absolute atomic E-state index is 0.0681. The highest BCUT2D eigenvalue weighted by Gasteiger charge is 2.15. The molecule has 0 spiro atoms. The largest absolute Gasteiger partial charge is 0.322 e. The second kappa shape index (κ2) is 11.1. The predicted octanol–water partition coefficient (Wildman–Crippen LogP) is 5.21. The van der Waals surface area contributed by atoms with Crippen LogP contribution in [-0.4, -0.2) is 20.1 Å². The van der Waals surface area contributed by atoms with Crippen LogP contribution in [0.5, 0.6) is 0 Å². The highest BCUT2D eigenvalue weighted by atomic mass is 32.2. The van der Waals surface area contributed by atoms with Crippen LogP contribution in [0.25, 0.3) is 0 Å². The maximum atomic E-state index is 12.9. The molecule has 36 heavy (non-hydrogen) atoms. The molecule has 0 saturated carbocycles. The smallest absolute Gasteiger partial charge is 0.255 e. The van der Waals surface area contributed by atoms with Gasteiger partial charge < -0.3 is 5.32 Å². The Morgan fingerprint density at radius 3 is 1.97 bits per heavy atom. The summed E-state index contributed by atoms with van der Waals surface area (Å²) in [5.41, 5.74) is 4.54. The van der Waals surface area contributed by atoms with Crippen LogP contribution in [0.1, 0.15) is 44.3 Å². The molecule has 0 radical (unpaired) electrons. The maximum absolute atomic E-state index is 12.9. The topological polar surface area (TPSA) is 92.3 Å². The van der Waals surface area contributed by atoms with Gasteiger partial charge in [0.05, 0.1) is 4.90 Å². The quantitative estimate of drug-likeness (QED) is 0.310. The Bertz CT molecular complexity index is 1460. The van der Waals surface area contributed by atoms with Crippen LogP contribution in [-0.2, 0) is 23.0 Å². The molecule has 0 aliphatic rings. The number of anilines is 1. The summed E-state index contributed by atoms with van der Waals surface area (Å²) in [4.78, 5) is 24.3. The van der Waals surface area contributed by atoms with Gasteiger partial charge in [-0.05, 0) is 60.4 Å². The first-order chi connectivity index (χ1) is 17.3. The molecule has 0 atom stereocenters. The summed E-state index contributed by atoms with van der Waals surface area (Å²) in [5.74, 6) is -0.371. The zero-order valence-corrected chi connectivity index (χ0v) is 20.6. The number of carbonyl (C=O) groups is 2. The molecule has 4 rings (SSSR count). The lowest BCUT2D eigenvalue weighted by molar-refractivity contribution is 0.101. The van der Waals surface area contributed by atoms with Crippen molar-refractivity contribution in [1.29, 1.82) is 0 Å². The molecule has 0 bridgehead atoms. The number of rotatable bonds is 9. The molecule has 0 aromatic heterocycles. The SMILES string of the molecule is CC(=O)c1ccc(S(=O)(=O)NCc2ccc(C(=O)Nc3ccccc3Cc3ccccc3)cc2)cc1. The number of hydrogen-bond donors (Lipinski definition) is 2. The van der Waals surface area contributed by atoms with Crippen LogP contribution in [0.3, 0.4) is 0 Å². The molecule has 6 nitrogen and oxygen atoms in total. The summed E-state index contributed by atoms with van der Waals surface area (Å²) in [5, 5.41) is 2.98. The predicted molar refractivity (Wildman–Crippen MR) is 141 cm³/mol. The van der Waals surface area contributed by atoms with Gasteiger partial charge in [-0.15, -0.1) is 0 Å². The summed E-state index contributed by atoms with van der Waals surface area (Å²) in [6, 6.07) is 30.3. The Morgan fingerprint density at radius 1 is 0.694 bits per heavy atom. The molecule has 0 aliphatic heterocycles. The molecule has 182 valence electrons. The van der Waals surface area contributed by atoms with E-state index in [1.165, 1.54) is 31.2 Å². The minimum atomic E-state index is -3.74. The molecule has 0 heterocycles. The van der Waals surface area contributed by atoms with E-state index in [9.17, 15) is 18.0 Å². The Balaban J connectivity index is 1.39. The number of sulfonamides is 1. The van der Waals surface area contributed by atoms with Crippen molar-refractivity contribution in [2.24, 2.45) is 0 Å². The van der Waals surface area contributed by atoms with E-state index in [0.717, 1.165) is 16.8 Å². The monoisotopic (exact) mass is 498 g/mol. The fraction of sp³-hybridized carbons (Fsp3) is 0.103. The van der Waals surface area contributed by atoms with Gasteiger partial charge in [0.2, 0.25) is 10.0 Å². The number of carbonyl (C=O) groups excluding carboxylic acids is 2. The molecule has 2 N–H and O–H groups in total. The third-order valence-electron chi connectivity index (χ3n) is 5.76. The molecule has 0 fully saturated rings. The number of amides is 1. The average molecular weight is 499 g/mol. The van der Waals surface area contributed by atoms with Gasteiger partial charge in [-0.3, -0.25) is 9.59 Å². The molecule has 0 unspecified atom stereocenters. The number of para-hydroxylation sites is 1. The molecule has 0 aliphatic carbocycles. The maximum Gasteiger partial charge on any atom is 0.255 e. The number of hydrogen-bond acceptors (Lipinski definition) is 4. The van der Waals surface area contributed by atoms with Crippen LogP contribution in [0.4, 0.5) is 5.69 Å². The number of Topliss-reactive ketones (excluding diaryl/α,β-unsaturated/α-hetero) is 1. The minimum Gasteiger partial charge on any atom is -0.322 e. The normalized spacial score (nSPS) is 11.1.